The van der Waals surface area contributed by atoms with Gasteiger partial charge < -0.3 is 0 Å². The van der Waals surface area contributed by atoms with Crippen molar-refractivity contribution in [3.05, 3.63) is 0 Å². The van der Waals surface area contributed by atoms with Gasteiger partial charge in [0.05, 0.1) is 0 Å². The lowest BCUT2D eigenvalue weighted by Crippen LogP contribution is -1.95. The molecule has 27 heavy (non-hydrogen) atoms. The first-order valence-corrected chi connectivity index (χ1v) is 14.0. The third-order valence-electron chi connectivity index (χ3n) is 6.13. The van der Waals surface area contributed by atoms with E-state index in [1.54, 1.807) is 0 Å². The monoisotopic (exact) mass is 444 g/mol. The maximum absolute atomic E-state index is 3.52. The van der Waals surface area contributed by atoms with E-state index in [1.807, 2.05) is 0 Å². The van der Waals surface area contributed by atoms with Crippen LogP contribution in [0, 0.1) is 5.92 Å². The summed E-state index contributed by atoms with van der Waals surface area (Å²) in [6.07, 6.45) is 32.2. The molecule has 0 heterocycles. The highest BCUT2D eigenvalue weighted by atomic mass is 79.9. The van der Waals surface area contributed by atoms with Gasteiger partial charge in [-0.2, -0.15) is 0 Å². The average molecular weight is 446 g/mol. The van der Waals surface area contributed by atoms with Crippen molar-refractivity contribution in [2.75, 3.05) is 5.33 Å². The molecule has 1 unspecified atom stereocenters. The Morgan fingerprint density at radius 3 is 1.07 bits per heavy atom. The largest absolute Gasteiger partial charge is 0.0928 e. The Kier molecular flexibility index (Phi) is 25.0. The van der Waals surface area contributed by atoms with E-state index < -0.39 is 0 Å². The molecule has 0 aliphatic carbocycles. The third kappa shape index (κ3) is 24.4. The quantitative estimate of drug-likeness (QED) is 0.108. The molecule has 0 aliphatic rings. The Morgan fingerprint density at radius 2 is 0.741 bits per heavy atom. The summed E-state index contributed by atoms with van der Waals surface area (Å²) in [7, 11) is 0. The SMILES string of the molecule is CCCCCCCCCCCCCCCCCCC(C)CCCCCCBr. The summed E-state index contributed by atoms with van der Waals surface area (Å²) in [4.78, 5) is 0. The van der Waals surface area contributed by atoms with Crippen LogP contribution < -0.4 is 0 Å². The standard InChI is InChI=1S/C26H53Br/c1-3-4-5-6-7-8-9-10-11-12-13-14-15-16-17-20-23-26(2)24-21-18-19-22-25-27/h26H,3-25H2,1-2H3. The van der Waals surface area contributed by atoms with Crippen LogP contribution in [0.3, 0.4) is 0 Å². The molecule has 1 atom stereocenters. The second kappa shape index (κ2) is 24.5. The first-order valence-electron chi connectivity index (χ1n) is 12.9. The van der Waals surface area contributed by atoms with Crippen LogP contribution in [0.15, 0.2) is 0 Å². The zero-order valence-electron chi connectivity index (χ0n) is 19.2. The summed E-state index contributed by atoms with van der Waals surface area (Å²) >= 11 is 3.52. The predicted molar refractivity (Wildman–Crippen MR) is 130 cm³/mol. The van der Waals surface area contributed by atoms with Gasteiger partial charge in [0, 0.05) is 5.33 Å². The number of hydrogen-bond donors (Lipinski definition) is 0. The second-order valence-electron chi connectivity index (χ2n) is 9.09. The van der Waals surface area contributed by atoms with Gasteiger partial charge in [0.15, 0.2) is 0 Å². The number of halogens is 1. The highest BCUT2D eigenvalue weighted by molar-refractivity contribution is 9.09. The van der Waals surface area contributed by atoms with E-state index in [4.69, 9.17) is 0 Å². The maximum Gasteiger partial charge on any atom is 0.00313 e. The van der Waals surface area contributed by atoms with E-state index in [9.17, 15) is 0 Å². The van der Waals surface area contributed by atoms with E-state index in [-0.39, 0.29) is 0 Å². The Hall–Kier alpha value is 0.480. The van der Waals surface area contributed by atoms with E-state index >= 15 is 0 Å². The van der Waals surface area contributed by atoms with Crippen molar-refractivity contribution in [1.82, 2.24) is 0 Å². The molecule has 0 N–H and O–H groups in total. The lowest BCUT2D eigenvalue weighted by atomic mass is 9.96. The van der Waals surface area contributed by atoms with Gasteiger partial charge in [-0.1, -0.05) is 165 Å². The van der Waals surface area contributed by atoms with Crippen LogP contribution in [0.5, 0.6) is 0 Å². The summed E-state index contributed by atoms with van der Waals surface area (Å²) in [5.74, 6) is 0.959. The summed E-state index contributed by atoms with van der Waals surface area (Å²) in [6.45, 7) is 4.77. The normalized spacial score (nSPS) is 12.6. The van der Waals surface area contributed by atoms with Gasteiger partial charge >= 0.3 is 0 Å². The van der Waals surface area contributed by atoms with Crippen molar-refractivity contribution in [2.45, 2.75) is 155 Å². The summed E-state index contributed by atoms with van der Waals surface area (Å²) in [5.41, 5.74) is 0. The fourth-order valence-electron chi connectivity index (χ4n) is 4.13. The van der Waals surface area contributed by atoms with E-state index in [0.29, 0.717) is 0 Å². The molecule has 1 heteroatoms. The molecule has 0 aromatic heterocycles. The van der Waals surface area contributed by atoms with Crippen molar-refractivity contribution in [1.29, 1.82) is 0 Å². The minimum atomic E-state index is 0.959. The third-order valence-corrected chi connectivity index (χ3v) is 6.69. The van der Waals surface area contributed by atoms with Crippen LogP contribution in [-0.2, 0) is 0 Å². The smallest absolute Gasteiger partial charge is 0.00313 e. The van der Waals surface area contributed by atoms with Crippen LogP contribution >= 0.6 is 15.9 Å². The topological polar surface area (TPSA) is 0 Å². The molecule has 0 aromatic rings. The highest BCUT2D eigenvalue weighted by Crippen LogP contribution is 2.18. The molecule has 0 aromatic carbocycles. The number of unbranched alkanes of at least 4 members (excludes halogenated alkanes) is 18. The molecule has 0 rings (SSSR count). The van der Waals surface area contributed by atoms with Crippen LogP contribution in [0.2, 0.25) is 0 Å². The zero-order chi connectivity index (χ0) is 19.8. The van der Waals surface area contributed by atoms with Gasteiger partial charge in [-0.15, -0.1) is 0 Å². The van der Waals surface area contributed by atoms with Crippen molar-refractivity contribution in [2.24, 2.45) is 5.92 Å². The molecule has 0 amide bonds. The van der Waals surface area contributed by atoms with Gasteiger partial charge in [-0.05, 0) is 12.3 Å². The van der Waals surface area contributed by atoms with Crippen LogP contribution in [0.25, 0.3) is 0 Å². The van der Waals surface area contributed by atoms with E-state index in [2.05, 4.69) is 29.8 Å². The van der Waals surface area contributed by atoms with Crippen molar-refractivity contribution < 1.29 is 0 Å². The molecule has 0 bridgehead atoms. The van der Waals surface area contributed by atoms with Crippen LogP contribution in [0.4, 0.5) is 0 Å². The first-order chi connectivity index (χ1) is 13.3. The molecule has 164 valence electrons. The molecule has 0 radical (unpaired) electrons. The van der Waals surface area contributed by atoms with Gasteiger partial charge in [-0.3, -0.25) is 0 Å². The van der Waals surface area contributed by atoms with Crippen LogP contribution in [-0.4, -0.2) is 5.33 Å². The summed E-state index contributed by atoms with van der Waals surface area (Å²) in [5, 5.41) is 1.18. The van der Waals surface area contributed by atoms with E-state index in [0.717, 1.165) is 5.92 Å². The Balaban J connectivity index is 3.08. The molecular weight excluding hydrogens is 392 g/mol. The molecule has 0 aliphatic heterocycles. The van der Waals surface area contributed by atoms with Gasteiger partial charge in [0.25, 0.3) is 0 Å². The van der Waals surface area contributed by atoms with Crippen molar-refractivity contribution in [3.8, 4) is 0 Å². The number of hydrogen-bond acceptors (Lipinski definition) is 0. The summed E-state index contributed by atoms with van der Waals surface area (Å²) in [6, 6.07) is 0. The first kappa shape index (κ1) is 27.5. The lowest BCUT2D eigenvalue weighted by molar-refractivity contribution is 0.433. The van der Waals surface area contributed by atoms with Gasteiger partial charge in [-0.25, -0.2) is 0 Å². The Morgan fingerprint density at radius 1 is 0.444 bits per heavy atom. The zero-order valence-corrected chi connectivity index (χ0v) is 20.8. The maximum atomic E-state index is 3.52. The van der Waals surface area contributed by atoms with Gasteiger partial charge in [0.1, 0.15) is 0 Å². The van der Waals surface area contributed by atoms with Crippen LogP contribution in [0.1, 0.15) is 155 Å². The Bertz CT molecular complexity index is 251. The highest BCUT2D eigenvalue weighted by Gasteiger charge is 2.02. The Labute approximate surface area is 182 Å². The second-order valence-corrected chi connectivity index (χ2v) is 9.88. The molecule has 0 saturated heterocycles. The van der Waals surface area contributed by atoms with Crippen molar-refractivity contribution >= 4 is 15.9 Å². The average Bonchev–Trinajstić information content (AvgIpc) is 2.67. The molecular formula is C26H53Br. The molecule has 0 nitrogen and oxygen atoms in total. The summed E-state index contributed by atoms with van der Waals surface area (Å²) < 4.78 is 0. The predicted octanol–water partition coefficient (Wildman–Crippen LogP) is 10.6. The molecule has 0 spiro atoms. The lowest BCUT2D eigenvalue weighted by Gasteiger charge is -2.11. The van der Waals surface area contributed by atoms with Crippen molar-refractivity contribution in [3.63, 3.8) is 0 Å². The minimum absolute atomic E-state index is 0.959. The van der Waals surface area contributed by atoms with E-state index in [1.165, 1.54) is 147 Å². The molecule has 0 fully saturated rings. The minimum Gasteiger partial charge on any atom is -0.0928 e. The number of alkyl halides is 1. The fourth-order valence-corrected chi connectivity index (χ4v) is 4.52. The fraction of sp³-hybridized carbons (Fsp3) is 1.00. The molecule has 0 saturated carbocycles. The number of rotatable bonds is 23. The van der Waals surface area contributed by atoms with Gasteiger partial charge in [0.2, 0.25) is 0 Å².